The predicted molar refractivity (Wildman–Crippen MR) is 304 cm³/mol. The minimum absolute atomic E-state index is 0. The normalized spacial score (nSPS) is 12.5. The van der Waals surface area contributed by atoms with Gasteiger partial charge in [-0.3, -0.25) is 0 Å². The molecule has 1 heterocycles. The van der Waals surface area contributed by atoms with Crippen LogP contribution in [0.25, 0.3) is 6.08 Å². The van der Waals surface area contributed by atoms with Gasteiger partial charge in [0.2, 0.25) is 16.1 Å². The third-order valence-electron chi connectivity index (χ3n) is 12.1. The molecule has 0 unspecified atom stereocenters. The van der Waals surface area contributed by atoms with Gasteiger partial charge in [-0.1, -0.05) is 211 Å². The molecule has 0 saturated carbocycles. The molecular weight excluding hydrogens is 984 g/mol. The van der Waals surface area contributed by atoms with Gasteiger partial charge in [0.1, 0.15) is 13.2 Å². The Bertz CT molecular complexity index is 2290. The van der Waals surface area contributed by atoms with Gasteiger partial charge in [-0.15, -0.1) is 11.1 Å². The fourth-order valence-corrected chi connectivity index (χ4v) is 17.4. The SMILES string of the molecule is C1=Cc2ccccc2CC1.C1CO1.CC(C)(C)[Si](C#CCOCCOCCO)(c1ccccc1)c1ccccc1.CC(C)(C)[Si](C#CCOCCOCCOCCOCCO)(c1ccccc1)c1ccccc1.[K+]. The van der Waals surface area contributed by atoms with Crippen molar-refractivity contribution >= 4 is 43.0 Å². The van der Waals surface area contributed by atoms with Crippen LogP contribution in [-0.4, -0.2) is 132 Å². The van der Waals surface area contributed by atoms with Crippen LogP contribution in [0.2, 0.25) is 10.1 Å². The second-order valence-electron chi connectivity index (χ2n) is 19.3. The second-order valence-corrected chi connectivity index (χ2v) is 28.1. The molecule has 5 aromatic rings. The molecule has 0 radical (unpaired) electrons. The van der Waals surface area contributed by atoms with Gasteiger partial charge in [-0.25, -0.2) is 0 Å². The molecular formula is C62H82KO9Si2+. The number of hydrogen-bond donors (Lipinski definition) is 2. The molecule has 0 bridgehead atoms. The van der Waals surface area contributed by atoms with Crippen molar-refractivity contribution in [1.29, 1.82) is 0 Å². The quantitative estimate of drug-likeness (QED) is 0.0432. The third-order valence-corrected chi connectivity index (χ3v) is 22.5. The number of epoxide rings is 1. The van der Waals surface area contributed by atoms with Crippen LogP contribution in [0.4, 0.5) is 0 Å². The maximum atomic E-state index is 8.71. The van der Waals surface area contributed by atoms with Crippen LogP contribution in [0.3, 0.4) is 0 Å². The molecule has 5 aromatic carbocycles. The van der Waals surface area contributed by atoms with Gasteiger partial charge in [0.15, 0.2) is 0 Å². The van der Waals surface area contributed by atoms with E-state index in [1.165, 1.54) is 44.7 Å². The smallest absolute Gasteiger partial charge is 0.394 e. The van der Waals surface area contributed by atoms with E-state index in [9.17, 15) is 0 Å². The van der Waals surface area contributed by atoms with Crippen LogP contribution in [0.1, 0.15) is 59.1 Å². The molecule has 9 nitrogen and oxygen atoms in total. The average Bonchev–Trinajstić information content (AvgIpc) is 4.31. The number of allylic oxidation sites excluding steroid dienone is 1. The number of hydrogen-bond acceptors (Lipinski definition) is 9. The number of aliphatic hydroxyl groups excluding tert-OH is 2. The van der Waals surface area contributed by atoms with Crippen LogP contribution in [0.15, 0.2) is 152 Å². The summed E-state index contributed by atoms with van der Waals surface area (Å²) in [7, 11) is -4.70. The van der Waals surface area contributed by atoms with Crippen molar-refractivity contribution < 1.29 is 94.8 Å². The molecule has 2 N–H and O–H groups in total. The summed E-state index contributed by atoms with van der Waals surface area (Å²) in [4.78, 5) is 0. The zero-order valence-electron chi connectivity index (χ0n) is 45.5. The summed E-state index contributed by atoms with van der Waals surface area (Å²) in [5, 5.41) is 22.6. The Balaban J connectivity index is 0.000000311. The van der Waals surface area contributed by atoms with Gasteiger partial charge in [-0.05, 0) is 54.8 Å². The van der Waals surface area contributed by atoms with Crippen molar-refractivity contribution in [3.05, 3.63) is 163 Å². The number of rotatable bonds is 22. The number of aryl methyl sites for hydroxylation is 1. The molecule has 1 aliphatic heterocycles. The first-order chi connectivity index (χ1) is 35.5. The first-order valence-corrected chi connectivity index (χ1v) is 29.7. The molecule has 0 atom stereocenters. The van der Waals surface area contributed by atoms with E-state index in [0.29, 0.717) is 79.3 Å². The van der Waals surface area contributed by atoms with E-state index < -0.39 is 16.1 Å². The molecule has 0 aromatic heterocycles. The Morgan fingerprint density at radius 3 is 1.07 bits per heavy atom. The topological polar surface area (TPSA) is 108 Å². The van der Waals surface area contributed by atoms with Crippen molar-refractivity contribution in [2.24, 2.45) is 0 Å². The minimum atomic E-state index is -2.36. The molecule has 392 valence electrons. The molecule has 1 aliphatic carbocycles. The third kappa shape index (κ3) is 22.7. The van der Waals surface area contributed by atoms with Gasteiger partial charge in [-0.2, -0.15) is 0 Å². The van der Waals surface area contributed by atoms with Gasteiger partial charge in [0.05, 0.1) is 92.5 Å². The van der Waals surface area contributed by atoms with Crippen LogP contribution >= 0.6 is 0 Å². The van der Waals surface area contributed by atoms with Gasteiger partial charge >= 0.3 is 51.4 Å². The van der Waals surface area contributed by atoms with Crippen molar-refractivity contribution in [3.8, 4) is 22.9 Å². The van der Waals surface area contributed by atoms with Crippen LogP contribution in [-0.2, 0) is 39.6 Å². The molecule has 12 heteroatoms. The van der Waals surface area contributed by atoms with E-state index >= 15 is 0 Å². The number of fused-ring (bicyclic) bond motifs is 1. The van der Waals surface area contributed by atoms with Gasteiger partial charge in [0, 0.05) is 0 Å². The molecule has 74 heavy (non-hydrogen) atoms. The summed E-state index contributed by atoms with van der Waals surface area (Å²) in [5.41, 5.74) is 10.3. The monoisotopic (exact) mass is 1070 g/mol. The summed E-state index contributed by atoms with van der Waals surface area (Å²) < 4.78 is 37.1. The first-order valence-electron chi connectivity index (χ1n) is 25.7. The molecule has 1 saturated heterocycles. The van der Waals surface area contributed by atoms with Crippen molar-refractivity contribution in [2.45, 2.75) is 64.5 Å². The molecule has 0 amide bonds. The van der Waals surface area contributed by atoms with Crippen LogP contribution in [0, 0.1) is 22.9 Å². The van der Waals surface area contributed by atoms with Gasteiger partial charge < -0.3 is 43.4 Å². The molecule has 7 rings (SSSR count). The fourth-order valence-electron chi connectivity index (χ4n) is 8.45. The van der Waals surface area contributed by atoms with Gasteiger partial charge in [0.25, 0.3) is 0 Å². The Labute approximate surface area is 489 Å². The largest absolute Gasteiger partial charge is 1.00 e. The summed E-state index contributed by atoms with van der Waals surface area (Å²) in [5.74, 6) is 6.65. The number of benzene rings is 5. The van der Waals surface area contributed by atoms with Crippen LogP contribution < -0.4 is 72.1 Å². The van der Waals surface area contributed by atoms with E-state index in [-0.39, 0.29) is 74.7 Å². The fraction of sp³-hybridized carbons (Fsp3) is 0.419. The maximum absolute atomic E-state index is 8.71. The van der Waals surface area contributed by atoms with E-state index in [1.807, 2.05) is 0 Å². The summed E-state index contributed by atoms with van der Waals surface area (Å²) in [6.07, 6.45) is 6.87. The van der Waals surface area contributed by atoms with Crippen molar-refractivity contribution in [2.75, 3.05) is 106 Å². The average molecular weight is 1070 g/mol. The zero-order chi connectivity index (χ0) is 52.4. The Kier molecular flexibility index (Phi) is 32.9. The summed E-state index contributed by atoms with van der Waals surface area (Å²) in [6.45, 7) is 21.2. The van der Waals surface area contributed by atoms with Crippen molar-refractivity contribution in [1.82, 2.24) is 0 Å². The maximum Gasteiger partial charge on any atom is 1.00 e. The molecule has 0 spiro atoms. The predicted octanol–water partition coefficient (Wildman–Crippen LogP) is 4.94. The Morgan fingerprint density at radius 1 is 0.446 bits per heavy atom. The van der Waals surface area contributed by atoms with Crippen molar-refractivity contribution in [3.63, 3.8) is 0 Å². The Hall–Kier alpha value is -3.33. The summed E-state index contributed by atoms with van der Waals surface area (Å²) in [6, 6.07) is 51.3. The Morgan fingerprint density at radius 2 is 0.757 bits per heavy atom. The second kappa shape index (κ2) is 37.4. The van der Waals surface area contributed by atoms with E-state index in [2.05, 4.69) is 227 Å². The molecule has 1 fully saturated rings. The molecule has 2 aliphatic rings. The van der Waals surface area contributed by atoms with Crippen LogP contribution in [0.5, 0.6) is 0 Å². The zero-order valence-corrected chi connectivity index (χ0v) is 50.6. The first kappa shape index (κ1) is 65.0. The minimum Gasteiger partial charge on any atom is -0.394 e. The number of ether oxygens (including phenoxy) is 7. The van der Waals surface area contributed by atoms with E-state index in [0.717, 1.165) is 13.2 Å². The standard InChI is InChI=1S/C27H38O5Si.C23H30O3Si.C10H10.C2H4O.K/c1-27(2,3)33(25-11-6-4-7-12-25,26-13-8-5-9-14-26)24-10-16-29-18-20-31-22-23-32-21-19-30-17-15-28;1-23(2,3)27(21-11-6-4-7-12-21,22-13-8-5-9-14-22)20-10-16-25-18-19-26-17-15-24;1-2-6-10-8-4-3-7-9(10)5-1;1-2-3-1;/h4-9,11-14,28H,15-23H2,1-3H3;4-9,11-14,24H,15-19H2,1-3H3;1-3,5-7H,4,8H2;1-2H2;/q;;;;+1. The van der Waals surface area contributed by atoms with E-state index in [4.69, 9.17) is 38.6 Å². The van der Waals surface area contributed by atoms with E-state index in [1.54, 1.807) is 0 Å². The number of aliphatic hydroxyl groups is 2. The summed E-state index contributed by atoms with van der Waals surface area (Å²) >= 11 is 0.